The molecular formula is C16H14BrNO. The second-order valence-corrected chi connectivity index (χ2v) is 4.43. The quantitative estimate of drug-likeness (QED) is 0.611. The summed E-state index contributed by atoms with van der Waals surface area (Å²) in [5.41, 5.74) is 2.68. The van der Waals surface area contributed by atoms with Gasteiger partial charge in [-0.15, -0.1) is 0 Å². The van der Waals surface area contributed by atoms with Crippen molar-refractivity contribution in [1.29, 1.82) is 5.26 Å². The molecule has 19 heavy (non-hydrogen) atoms. The van der Waals surface area contributed by atoms with Gasteiger partial charge < -0.3 is 0 Å². The van der Waals surface area contributed by atoms with Crippen LogP contribution >= 0.6 is 15.9 Å². The van der Waals surface area contributed by atoms with Crippen LogP contribution in [0.2, 0.25) is 0 Å². The molecule has 2 aromatic rings. The van der Waals surface area contributed by atoms with Gasteiger partial charge in [0.1, 0.15) is 0 Å². The van der Waals surface area contributed by atoms with Gasteiger partial charge in [-0.05, 0) is 24.6 Å². The van der Waals surface area contributed by atoms with Crippen molar-refractivity contribution in [2.45, 2.75) is 12.3 Å². The molecule has 0 unspecified atom stereocenters. The Morgan fingerprint density at radius 1 is 1.11 bits per heavy atom. The van der Waals surface area contributed by atoms with Crippen LogP contribution in [0.1, 0.15) is 28.4 Å². The van der Waals surface area contributed by atoms with E-state index in [4.69, 9.17) is 5.26 Å². The molecule has 0 fully saturated rings. The summed E-state index contributed by atoms with van der Waals surface area (Å²) in [4.78, 5) is 10.8. The number of rotatable bonds is 2. The van der Waals surface area contributed by atoms with E-state index in [1.807, 2.05) is 48.5 Å². The number of ketones is 1. The van der Waals surface area contributed by atoms with E-state index in [1.165, 1.54) is 5.56 Å². The molecule has 0 saturated carbocycles. The summed E-state index contributed by atoms with van der Waals surface area (Å²) in [6, 6.07) is 18.8. The Hall–Kier alpha value is -1.92. The highest BCUT2D eigenvalue weighted by Crippen LogP contribution is 2.07. The molecule has 0 heterocycles. The van der Waals surface area contributed by atoms with E-state index in [0.717, 1.165) is 10.9 Å². The van der Waals surface area contributed by atoms with E-state index < -0.39 is 0 Å². The largest absolute Gasteiger partial charge is 0.295 e. The van der Waals surface area contributed by atoms with Crippen LogP contribution in [0.25, 0.3) is 0 Å². The first-order chi connectivity index (χ1) is 9.17. The summed E-state index contributed by atoms with van der Waals surface area (Å²) in [5, 5.41) is 9.13. The third-order valence-corrected chi connectivity index (χ3v) is 3.07. The minimum absolute atomic E-state index is 0.117. The van der Waals surface area contributed by atoms with Crippen molar-refractivity contribution in [2.24, 2.45) is 0 Å². The topological polar surface area (TPSA) is 40.9 Å². The van der Waals surface area contributed by atoms with E-state index in [9.17, 15) is 4.79 Å². The van der Waals surface area contributed by atoms with Gasteiger partial charge in [0.05, 0.1) is 11.6 Å². The van der Waals surface area contributed by atoms with Gasteiger partial charge in [0.25, 0.3) is 0 Å². The zero-order valence-corrected chi connectivity index (χ0v) is 12.2. The molecule has 0 aliphatic carbocycles. The van der Waals surface area contributed by atoms with Crippen LogP contribution < -0.4 is 0 Å². The lowest BCUT2D eigenvalue weighted by molar-refractivity contribution is 0.101. The molecule has 2 nitrogen and oxygen atoms in total. The highest BCUT2D eigenvalue weighted by molar-refractivity contribution is 9.08. The molecule has 2 rings (SSSR count). The number of carbonyl (C=O) groups is 1. The number of benzene rings is 2. The summed E-state index contributed by atoms with van der Waals surface area (Å²) in [5.74, 6) is 0.117. The van der Waals surface area contributed by atoms with Gasteiger partial charge in [-0.2, -0.15) is 5.26 Å². The van der Waals surface area contributed by atoms with Crippen LogP contribution in [0.3, 0.4) is 0 Å². The SMILES string of the molecule is CC(=O)c1ccc(CBr)cc1.N#Cc1ccccc1. The van der Waals surface area contributed by atoms with Gasteiger partial charge in [0, 0.05) is 10.9 Å². The number of halogens is 1. The number of Topliss-reactive ketones (excluding diaryl/α,β-unsaturated/α-hetero) is 1. The summed E-state index contributed by atoms with van der Waals surface area (Å²) < 4.78 is 0. The van der Waals surface area contributed by atoms with Crippen LogP contribution in [0.5, 0.6) is 0 Å². The highest BCUT2D eigenvalue weighted by atomic mass is 79.9. The fraction of sp³-hybridized carbons (Fsp3) is 0.125. The average Bonchev–Trinajstić information content (AvgIpc) is 2.48. The molecule has 0 amide bonds. The van der Waals surface area contributed by atoms with E-state index >= 15 is 0 Å². The first-order valence-corrected chi connectivity index (χ1v) is 6.90. The molecule has 0 spiro atoms. The van der Waals surface area contributed by atoms with Crippen molar-refractivity contribution in [3.8, 4) is 6.07 Å². The second kappa shape index (κ2) is 8.23. The molecule has 96 valence electrons. The number of carbonyl (C=O) groups excluding carboxylic acids is 1. The Bertz CT molecular complexity index is 556. The van der Waals surface area contributed by atoms with Crippen LogP contribution in [0.4, 0.5) is 0 Å². The van der Waals surface area contributed by atoms with E-state index in [0.29, 0.717) is 5.56 Å². The smallest absolute Gasteiger partial charge is 0.159 e. The Kier molecular flexibility index (Phi) is 6.56. The zero-order valence-electron chi connectivity index (χ0n) is 10.6. The number of hydrogen-bond donors (Lipinski definition) is 0. The van der Waals surface area contributed by atoms with Crippen LogP contribution in [0, 0.1) is 11.3 Å². The lowest BCUT2D eigenvalue weighted by Crippen LogP contribution is -1.90. The molecule has 0 aromatic heterocycles. The molecule has 0 atom stereocenters. The minimum Gasteiger partial charge on any atom is -0.295 e. The van der Waals surface area contributed by atoms with Crippen LogP contribution in [0.15, 0.2) is 54.6 Å². The van der Waals surface area contributed by atoms with E-state index in [1.54, 1.807) is 19.1 Å². The third kappa shape index (κ3) is 5.50. The van der Waals surface area contributed by atoms with Crippen molar-refractivity contribution in [2.75, 3.05) is 0 Å². The molecule has 0 aliphatic rings. The Balaban J connectivity index is 0.000000200. The minimum atomic E-state index is 0.117. The predicted octanol–water partition coefficient (Wildman–Crippen LogP) is 4.34. The molecular weight excluding hydrogens is 302 g/mol. The normalized spacial score (nSPS) is 8.89. The summed E-state index contributed by atoms with van der Waals surface area (Å²) >= 11 is 3.33. The van der Waals surface area contributed by atoms with Gasteiger partial charge in [-0.25, -0.2) is 0 Å². The molecule has 0 N–H and O–H groups in total. The van der Waals surface area contributed by atoms with Gasteiger partial charge in [0.15, 0.2) is 5.78 Å². The Morgan fingerprint density at radius 2 is 1.68 bits per heavy atom. The van der Waals surface area contributed by atoms with Crippen LogP contribution in [-0.4, -0.2) is 5.78 Å². The fourth-order valence-electron chi connectivity index (χ4n) is 1.34. The number of nitriles is 1. The van der Waals surface area contributed by atoms with Crippen molar-refractivity contribution in [1.82, 2.24) is 0 Å². The zero-order chi connectivity index (χ0) is 14.1. The van der Waals surface area contributed by atoms with E-state index in [-0.39, 0.29) is 5.78 Å². The maximum absolute atomic E-state index is 10.8. The van der Waals surface area contributed by atoms with Gasteiger partial charge in [0.2, 0.25) is 0 Å². The monoisotopic (exact) mass is 315 g/mol. The van der Waals surface area contributed by atoms with Gasteiger partial charge in [-0.1, -0.05) is 58.4 Å². The maximum atomic E-state index is 10.8. The molecule has 0 radical (unpaired) electrons. The van der Waals surface area contributed by atoms with Crippen molar-refractivity contribution >= 4 is 21.7 Å². The van der Waals surface area contributed by atoms with Crippen molar-refractivity contribution in [3.05, 3.63) is 71.3 Å². The number of alkyl halides is 1. The number of hydrogen-bond acceptors (Lipinski definition) is 2. The standard InChI is InChI=1S/C9H9BrO.C7H5N/c1-7(11)9-4-2-8(6-10)3-5-9;8-6-7-4-2-1-3-5-7/h2-5H,6H2,1H3;1-5H. The molecule has 0 saturated heterocycles. The van der Waals surface area contributed by atoms with Crippen molar-refractivity contribution in [3.63, 3.8) is 0 Å². The van der Waals surface area contributed by atoms with Crippen LogP contribution in [-0.2, 0) is 5.33 Å². The second-order valence-electron chi connectivity index (χ2n) is 3.86. The predicted molar refractivity (Wildman–Crippen MR) is 80.2 cm³/mol. The average molecular weight is 316 g/mol. The lowest BCUT2D eigenvalue weighted by atomic mass is 10.1. The lowest BCUT2D eigenvalue weighted by Gasteiger charge is -1.96. The van der Waals surface area contributed by atoms with Crippen molar-refractivity contribution < 1.29 is 4.79 Å². The third-order valence-electron chi connectivity index (χ3n) is 2.42. The summed E-state index contributed by atoms with van der Waals surface area (Å²) in [7, 11) is 0. The maximum Gasteiger partial charge on any atom is 0.159 e. The number of nitrogens with zero attached hydrogens (tertiary/aromatic N) is 1. The highest BCUT2D eigenvalue weighted by Gasteiger charge is 1.96. The van der Waals surface area contributed by atoms with Gasteiger partial charge in [-0.3, -0.25) is 4.79 Å². The summed E-state index contributed by atoms with van der Waals surface area (Å²) in [6.45, 7) is 1.57. The molecule has 0 aliphatic heterocycles. The first kappa shape index (κ1) is 15.1. The Morgan fingerprint density at radius 3 is 2.05 bits per heavy atom. The molecule has 2 aromatic carbocycles. The summed E-state index contributed by atoms with van der Waals surface area (Å²) in [6.07, 6.45) is 0. The first-order valence-electron chi connectivity index (χ1n) is 5.78. The fourth-order valence-corrected chi connectivity index (χ4v) is 1.72. The van der Waals surface area contributed by atoms with Gasteiger partial charge >= 0.3 is 0 Å². The van der Waals surface area contributed by atoms with E-state index in [2.05, 4.69) is 15.9 Å². The molecule has 0 bridgehead atoms. The molecule has 3 heteroatoms. The Labute approximate surface area is 121 Å².